The number of alkyl halides is 3. The van der Waals surface area contributed by atoms with Gasteiger partial charge in [0.2, 0.25) is 21.8 Å². The summed E-state index contributed by atoms with van der Waals surface area (Å²) in [6, 6.07) is 8.11. The van der Waals surface area contributed by atoms with Crippen molar-refractivity contribution in [2.24, 2.45) is 0 Å². The van der Waals surface area contributed by atoms with Gasteiger partial charge in [0.05, 0.1) is 17.5 Å². The van der Waals surface area contributed by atoms with Gasteiger partial charge in [-0.3, -0.25) is 13.9 Å². The summed E-state index contributed by atoms with van der Waals surface area (Å²) in [7, 11) is -3.96. The van der Waals surface area contributed by atoms with E-state index in [1.807, 2.05) is 0 Å². The molecule has 2 amide bonds. The number of sulfonamides is 1. The highest BCUT2D eigenvalue weighted by atomic mass is 35.5. The molecule has 226 valence electrons. The van der Waals surface area contributed by atoms with Crippen molar-refractivity contribution in [1.29, 1.82) is 0 Å². The molecule has 1 saturated carbocycles. The Kier molecular flexibility index (Phi) is 11.4. The number of carbonyl (C=O) groups excluding carboxylic acids is 2. The monoisotopic (exact) mass is 635 g/mol. The molecule has 3 rings (SSSR count). The van der Waals surface area contributed by atoms with Gasteiger partial charge < -0.3 is 10.2 Å². The standard InChI is InChI=1S/C28H34Cl2F3N3O4S/c1-3-25(27(38)34-22-9-4-5-10-22)35(18-19-13-14-21(29)17-24(19)30)26(37)12-7-15-36(41(2,39)40)23-11-6-8-20(16-23)28(31,32)33/h6,8,11,13-14,16-17,22,25H,3-5,7,9-10,12,15,18H2,1-2H3,(H,34,38)/t25-/m1/s1. The largest absolute Gasteiger partial charge is 0.416 e. The van der Waals surface area contributed by atoms with E-state index in [9.17, 15) is 31.2 Å². The molecule has 0 aromatic heterocycles. The lowest BCUT2D eigenvalue weighted by Gasteiger charge is -2.32. The van der Waals surface area contributed by atoms with Crippen LogP contribution in [0.2, 0.25) is 10.0 Å². The van der Waals surface area contributed by atoms with Gasteiger partial charge in [-0.05, 0) is 61.6 Å². The van der Waals surface area contributed by atoms with E-state index in [0.29, 0.717) is 22.0 Å². The van der Waals surface area contributed by atoms with Gasteiger partial charge in [0, 0.05) is 35.6 Å². The number of benzene rings is 2. The first kappa shape index (κ1) is 33.0. The first-order chi connectivity index (χ1) is 19.2. The molecule has 0 spiro atoms. The molecule has 0 radical (unpaired) electrons. The van der Waals surface area contributed by atoms with Crippen LogP contribution in [0, 0.1) is 0 Å². The summed E-state index contributed by atoms with van der Waals surface area (Å²) in [4.78, 5) is 28.3. The Balaban J connectivity index is 1.81. The molecule has 0 heterocycles. The van der Waals surface area contributed by atoms with E-state index in [4.69, 9.17) is 23.2 Å². The fourth-order valence-corrected chi connectivity index (χ4v) is 6.39. The molecule has 1 N–H and O–H groups in total. The highest BCUT2D eigenvalue weighted by Gasteiger charge is 2.33. The van der Waals surface area contributed by atoms with Gasteiger partial charge in [-0.2, -0.15) is 13.2 Å². The van der Waals surface area contributed by atoms with Crippen molar-refractivity contribution in [1.82, 2.24) is 10.2 Å². The van der Waals surface area contributed by atoms with Crippen LogP contribution in [0.4, 0.5) is 18.9 Å². The number of nitrogens with zero attached hydrogens (tertiary/aromatic N) is 2. The molecule has 0 saturated heterocycles. The Labute approximate surface area is 249 Å². The average Bonchev–Trinajstić information content (AvgIpc) is 3.39. The van der Waals surface area contributed by atoms with Crippen molar-refractivity contribution in [2.75, 3.05) is 17.1 Å². The zero-order chi connectivity index (χ0) is 30.4. The van der Waals surface area contributed by atoms with E-state index in [2.05, 4.69) is 5.32 Å². The third-order valence-electron chi connectivity index (χ3n) is 7.06. The lowest BCUT2D eigenvalue weighted by molar-refractivity contribution is -0.141. The number of rotatable bonds is 12. The summed E-state index contributed by atoms with van der Waals surface area (Å²) >= 11 is 12.4. The van der Waals surface area contributed by atoms with E-state index in [1.165, 1.54) is 11.0 Å². The van der Waals surface area contributed by atoms with Gasteiger partial charge in [-0.15, -0.1) is 0 Å². The van der Waals surface area contributed by atoms with Gasteiger partial charge >= 0.3 is 6.18 Å². The number of carbonyl (C=O) groups is 2. The van der Waals surface area contributed by atoms with Gasteiger partial charge in [0.25, 0.3) is 0 Å². The van der Waals surface area contributed by atoms with Crippen molar-refractivity contribution in [3.8, 4) is 0 Å². The second-order valence-electron chi connectivity index (χ2n) is 10.2. The maximum Gasteiger partial charge on any atom is 0.416 e. The molecule has 13 heteroatoms. The molecular formula is C28H34Cl2F3N3O4S. The summed E-state index contributed by atoms with van der Waals surface area (Å²) in [5.74, 6) is -0.693. The molecule has 0 aliphatic heterocycles. The van der Waals surface area contributed by atoms with Crippen molar-refractivity contribution in [3.05, 3.63) is 63.6 Å². The third kappa shape index (κ3) is 9.24. The van der Waals surface area contributed by atoms with E-state index in [-0.39, 0.29) is 43.6 Å². The fraction of sp³-hybridized carbons (Fsp3) is 0.500. The average molecular weight is 637 g/mol. The number of hydrogen-bond donors (Lipinski definition) is 1. The van der Waals surface area contributed by atoms with Crippen molar-refractivity contribution < 1.29 is 31.2 Å². The summed E-state index contributed by atoms with van der Waals surface area (Å²) < 4.78 is 65.5. The first-order valence-corrected chi connectivity index (χ1v) is 16.0. The highest BCUT2D eigenvalue weighted by molar-refractivity contribution is 7.92. The van der Waals surface area contributed by atoms with Gasteiger partial charge in [0.15, 0.2) is 0 Å². The molecule has 2 aromatic carbocycles. The lowest BCUT2D eigenvalue weighted by Crippen LogP contribution is -2.51. The van der Waals surface area contributed by atoms with E-state index in [1.54, 1.807) is 25.1 Å². The number of halogens is 5. The predicted molar refractivity (Wildman–Crippen MR) is 154 cm³/mol. The maximum absolute atomic E-state index is 13.6. The zero-order valence-corrected chi connectivity index (χ0v) is 25.2. The van der Waals surface area contributed by atoms with Crippen LogP contribution in [0.25, 0.3) is 0 Å². The smallest absolute Gasteiger partial charge is 0.352 e. The lowest BCUT2D eigenvalue weighted by atomic mass is 10.1. The Morgan fingerprint density at radius 1 is 1.10 bits per heavy atom. The SMILES string of the molecule is CC[C@H](C(=O)NC1CCCC1)N(Cc1ccc(Cl)cc1Cl)C(=O)CCCN(c1cccc(C(F)(F)F)c1)S(C)(=O)=O. The Morgan fingerprint density at radius 3 is 2.37 bits per heavy atom. The van der Waals surface area contributed by atoms with Crippen LogP contribution in [0.1, 0.15) is 63.0 Å². The third-order valence-corrected chi connectivity index (χ3v) is 8.84. The molecule has 0 unspecified atom stereocenters. The molecule has 41 heavy (non-hydrogen) atoms. The van der Waals surface area contributed by atoms with Gasteiger partial charge in [0.1, 0.15) is 6.04 Å². The molecule has 1 fully saturated rings. The molecular weight excluding hydrogens is 602 g/mol. The van der Waals surface area contributed by atoms with Crippen LogP contribution in [-0.2, 0) is 32.3 Å². The second-order valence-corrected chi connectivity index (χ2v) is 12.9. The summed E-state index contributed by atoms with van der Waals surface area (Å²) in [5, 5.41) is 3.78. The zero-order valence-electron chi connectivity index (χ0n) is 22.9. The van der Waals surface area contributed by atoms with E-state index in [0.717, 1.165) is 54.4 Å². The van der Waals surface area contributed by atoms with Crippen LogP contribution < -0.4 is 9.62 Å². The fourth-order valence-electron chi connectivity index (χ4n) is 4.96. The van der Waals surface area contributed by atoms with Crippen LogP contribution in [-0.4, -0.2) is 50.0 Å². The van der Waals surface area contributed by atoms with E-state index < -0.39 is 33.7 Å². The van der Waals surface area contributed by atoms with Gasteiger partial charge in [-0.25, -0.2) is 8.42 Å². The molecule has 1 aliphatic carbocycles. The minimum Gasteiger partial charge on any atom is -0.352 e. The predicted octanol–water partition coefficient (Wildman–Crippen LogP) is 6.42. The van der Waals surface area contributed by atoms with Crippen molar-refractivity contribution >= 4 is 50.7 Å². The summed E-state index contributed by atoms with van der Waals surface area (Å²) in [5.41, 5.74) is -0.551. The minimum atomic E-state index is -4.65. The number of anilines is 1. The number of nitrogens with one attached hydrogen (secondary N) is 1. The normalized spacial score (nSPS) is 15.0. The Bertz CT molecular complexity index is 1340. The summed E-state index contributed by atoms with van der Waals surface area (Å²) in [6.07, 6.45) is 0.219. The second kappa shape index (κ2) is 14.1. The maximum atomic E-state index is 13.6. The first-order valence-electron chi connectivity index (χ1n) is 13.4. The van der Waals surface area contributed by atoms with Crippen molar-refractivity contribution in [2.45, 2.75) is 76.7 Å². The van der Waals surface area contributed by atoms with Crippen molar-refractivity contribution in [3.63, 3.8) is 0 Å². The molecule has 0 bridgehead atoms. The van der Waals surface area contributed by atoms with E-state index >= 15 is 0 Å². The Hall–Kier alpha value is -2.50. The molecule has 2 aromatic rings. The molecule has 1 atom stereocenters. The summed E-state index contributed by atoms with van der Waals surface area (Å²) in [6.45, 7) is 1.59. The van der Waals surface area contributed by atoms with Crippen LogP contribution in [0.3, 0.4) is 0 Å². The quantitative estimate of drug-likeness (QED) is 0.291. The number of hydrogen-bond acceptors (Lipinski definition) is 4. The minimum absolute atomic E-state index is 0.00762. The van der Waals surface area contributed by atoms with Crippen LogP contribution >= 0.6 is 23.2 Å². The topological polar surface area (TPSA) is 86.8 Å². The van der Waals surface area contributed by atoms with Crippen LogP contribution in [0.15, 0.2) is 42.5 Å². The molecule has 7 nitrogen and oxygen atoms in total. The number of amides is 2. The van der Waals surface area contributed by atoms with Gasteiger partial charge in [-0.1, -0.05) is 55.1 Å². The molecule has 1 aliphatic rings. The highest BCUT2D eigenvalue weighted by Crippen LogP contribution is 2.32. The Morgan fingerprint density at radius 2 is 1.78 bits per heavy atom. The van der Waals surface area contributed by atoms with Crippen LogP contribution in [0.5, 0.6) is 0 Å².